The van der Waals surface area contributed by atoms with Crippen LogP contribution in [0.3, 0.4) is 0 Å². The van der Waals surface area contributed by atoms with Gasteiger partial charge in [-0.25, -0.2) is 19.9 Å². The molecule has 206 valence electrons. The Morgan fingerprint density at radius 2 is 1.38 bits per heavy atom. The first-order valence-corrected chi connectivity index (χ1v) is 13.6. The van der Waals surface area contributed by atoms with Gasteiger partial charge in [0.1, 0.15) is 11.9 Å². The minimum absolute atomic E-state index is 0.510. The van der Waals surface area contributed by atoms with Crippen LogP contribution in [0.5, 0.6) is 0 Å². The summed E-state index contributed by atoms with van der Waals surface area (Å²) >= 11 is 0. The number of piperazine rings is 1. The number of ether oxygens (including phenoxy) is 1. The van der Waals surface area contributed by atoms with Crippen LogP contribution >= 0.6 is 0 Å². The standard InChI is InChI=1S/C29H33N9O2/c1-29(39,22-5-3-2-4-6-22)23-19-30-27(31-20-23)37-11-13-38(14-12-37)28-33-21-32-26(35-28)34-24-7-9-25(10-8-24)36-15-17-40-18-16-36/h2-10,19-21,39H,11-18H2,1H3,(H,32,33,34,35). The molecule has 4 aromatic rings. The van der Waals surface area contributed by atoms with Crippen molar-refractivity contribution in [1.82, 2.24) is 24.9 Å². The monoisotopic (exact) mass is 539 g/mol. The van der Waals surface area contributed by atoms with Crippen molar-refractivity contribution in [1.29, 1.82) is 0 Å². The minimum Gasteiger partial charge on any atom is -0.381 e. The van der Waals surface area contributed by atoms with Crippen molar-refractivity contribution >= 4 is 29.2 Å². The quantitative estimate of drug-likeness (QED) is 0.361. The van der Waals surface area contributed by atoms with Crippen LogP contribution in [0.4, 0.5) is 29.2 Å². The second-order valence-corrected chi connectivity index (χ2v) is 10.1. The van der Waals surface area contributed by atoms with E-state index in [4.69, 9.17) is 4.74 Å². The summed E-state index contributed by atoms with van der Waals surface area (Å²) in [6.45, 7) is 8.01. The fraction of sp³-hybridized carbons (Fsp3) is 0.345. The molecule has 40 heavy (non-hydrogen) atoms. The summed E-state index contributed by atoms with van der Waals surface area (Å²) in [6, 6.07) is 17.8. The third-order valence-corrected chi connectivity index (χ3v) is 7.44. The van der Waals surface area contributed by atoms with Crippen molar-refractivity contribution in [2.24, 2.45) is 0 Å². The van der Waals surface area contributed by atoms with Gasteiger partial charge in [0, 0.05) is 68.6 Å². The molecule has 2 saturated heterocycles. The molecule has 6 rings (SSSR count). The van der Waals surface area contributed by atoms with E-state index < -0.39 is 5.60 Å². The summed E-state index contributed by atoms with van der Waals surface area (Å²) in [4.78, 5) is 29.1. The van der Waals surface area contributed by atoms with Crippen LogP contribution in [0.2, 0.25) is 0 Å². The molecule has 2 N–H and O–H groups in total. The SMILES string of the molecule is CC(O)(c1ccccc1)c1cnc(N2CCN(c3ncnc(Nc4ccc(N5CCOCC5)cc4)n3)CC2)nc1. The molecule has 0 amide bonds. The molecule has 4 heterocycles. The van der Waals surface area contributed by atoms with Gasteiger partial charge in [-0.1, -0.05) is 30.3 Å². The molecule has 0 radical (unpaired) electrons. The van der Waals surface area contributed by atoms with Gasteiger partial charge in [0.25, 0.3) is 0 Å². The Kier molecular flexibility index (Phi) is 7.39. The molecule has 1 atom stereocenters. The maximum atomic E-state index is 11.1. The zero-order valence-electron chi connectivity index (χ0n) is 22.5. The number of hydrogen-bond donors (Lipinski definition) is 2. The lowest BCUT2D eigenvalue weighted by Gasteiger charge is -2.34. The van der Waals surface area contributed by atoms with Crippen molar-refractivity contribution in [3.63, 3.8) is 0 Å². The van der Waals surface area contributed by atoms with Crippen LogP contribution in [0.25, 0.3) is 0 Å². The van der Waals surface area contributed by atoms with E-state index >= 15 is 0 Å². The number of aromatic nitrogens is 5. The largest absolute Gasteiger partial charge is 0.381 e. The highest BCUT2D eigenvalue weighted by Gasteiger charge is 2.27. The molecule has 2 aliphatic heterocycles. The van der Waals surface area contributed by atoms with E-state index in [9.17, 15) is 5.11 Å². The Balaban J connectivity index is 1.05. The maximum Gasteiger partial charge on any atom is 0.231 e. The fourth-order valence-electron chi connectivity index (χ4n) is 4.98. The fourth-order valence-corrected chi connectivity index (χ4v) is 4.98. The highest BCUT2D eigenvalue weighted by atomic mass is 16.5. The summed E-state index contributed by atoms with van der Waals surface area (Å²) in [6.07, 6.45) is 4.96. The van der Waals surface area contributed by atoms with Gasteiger partial charge in [-0.3, -0.25) is 0 Å². The average molecular weight is 540 g/mol. The molecule has 2 aliphatic rings. The van der Waals surface area contributed by atoms with E-state index in [2.05, 4.69) is 57.1 Å². The van der Waals surface area contributed by atoms with Gasteiger partial charge in [0.15, 0.2) is 0 Å². The third-order valence-electron chi connectivity index (χ3n) is 7.44. The first kappa shape index (κ1) is 25.9. The third kappa shape index (κ3) is 5.65. The van der Waals surface area contributed by atoms with Crippen molar-refractivity contribution in [2.75, 3.05) is 72.5 Å². The average Bonchev–Trinajstić information content (AvgIpc) is 3.03. The number of nitrogens with one attached hydrogen (secondary N) is 1. The number of benzene rings is 2. The van der Waals surface area contributed by atoms with Gasteiger partial charge in [-0.05, 0) is 36.8 Å². The molecule has 2 aromatic heterocycles. The predicted octanol–water partition coefficient (Wildman–Crippen LogP) is 2.82. The molecule has 0 aliphatic carbocycles. The van der Waals surface area contributed by atoms with Crippen LogP contribution in [-0.2, 0) is 10.3 Å². The predicted molar refractivity (Wildman–Crippen MR) is 154 cm³/mol. The molecule has 1 unspecified atom stereocenters. The first-order chi connectivity index (χ1) is 19.6. The summed E-state index contributed by atoms with van der Waals surface area (Å²) in [5.41, 5.74) is 2.40. The molecular formula is C29H33N9O2. The maximum absolute atomic E-state index is 11.1. The van der Waals surface area contributed by atoms with E-state index in [1.54, 1.807) is 25.6 Å². The van der Waals surface area contributed by atoms with E-state index in [1.165, 1.54) is 5.69 Å². The second-order valence-electron chi connectivity index (χ2n) is 10.1. The van der Waals surface area contributed by atoms with Gasteiger partial charge in [0.2, 0.25) is 17.8 Å². The summed E-state index contributed by atoms with van der Waals surface area (Å²) in [7, 11) is 0. The highest BCUT2D eigenvalue weighted by molar-refractivity contribution is 5.60. The van der Waals surface area contributed by atoms with Gasteiger partial charge in [0.05, 0.1) is 13.2 Å². The van der Waals surface area contributed by atoms with E-state index in [1.807, 2.05) is 42.5 Å². The summed E-state index contributed by atoms with van der Waals surface area (Å²) < 4.78 is 5.45. The molecule has 0 bridgehead atoms. The molecule has 0 spiro atoms. The van der Waals surface area contributed by atoms with E-state index in [0.29, 0.717) is 23.4 Å². The Bertz CT molecular complexity index is 1390. The number of rotatable bonds is 7. The second kappa shape index (κ2) is 11.4. The van der Waals surface area contributed by atoms with Crippen molar-refractivity contribution in [3.8, 4) is 0 Å². The number of nitrogens with zero attached hydrogens (tertiary/aromatic N) is 8. The van der Waals surface area contributed by atoms with E-state index in [0.717, 1.165) is 63.7 Å². The lowest BCUT2D eigenvalue weighted by atomic mass is 9.90. The van der Waals surface area contributed by atoms with Crippen molar-refractivity contribution < 1.29 is 9.84 Å². The lowest BCUT2D eigenvalue weighted by Crippen LogP contribution is -2.47. The molecule has 2 fully saturated rings. The Labute approximate surface area is 233 Å². The Morgan fingerprint density at radius 1 is 0.725 bits per heavy atom. The van der Waals surface area contributed by atoms with Crippen molar-refractivity contribution in [2.45, 2.75) is 12.5 Å². The molecule has 11 heteroatoms. The number of hydrogen-bond acceptors (Lipinski definition) is 11. The molecular weight excluding hydrogens is 506 g/mol. The molecule has 2 aromatic carbocycles. The van der Waals surface area contributed by atoms with E-state index in [-0.39, 0.29) is 0 Å². The zero-order chi connectivity index (χ0) is 27.4. The first-order valence-electron chi connectivity index (χ1n) is 13.6. The van der Waals surface area contributed by atoms with Gasteiger partial charge in [-0.2, -0.15) is 4.98 Å². The topological polar surface area (TPSA) is 116 Å². The van der Waals surface area contributed by atoms with Crippen LogP contribution < -0.4 is 20.0 Å². The van der Waals surface area contributed by atoms with Gasteiger partial charge < -0.3 is 29.9 Å². The Morgan fingerprint density at radius 3 is 2.05 bits per heavy atom. The summed E-state index contributed by atoms with van der Waals surface area (Å²) in [5, 5.41) is 14.4. The summed E-state index contributed by atoms with van der Waals surface area (Å²) in [5.74, 6) is 1.79. The van der Waals surface area contributed by atoms with Crippen LogP contribution in [-0.4, -0.2) is 82.5 Å². The number of morpholine rings is 1. The van der Waals surface area contributed by atoms with Crippen LogP contribution in [0.1, 0.15) is 18.1 Å². The number of anilines is 5. The van der Waals surface area contributed by atoms with Gasteiger partial charge in [-0.15, -0.1) is 0 Å². The lowest BCUT2D eigenvalue weighted by molar-refractivity contribution is 0.101. The number of aliphatic hydroxyl groups is 1. The van der Waals surface area contributed by atoms with Crippen LogP contribution in [0.15, 0.2) is 73.3 Å². The molecule has 0 saturated carbocycles. The van der Waals surface area contributed by atoms with Gasteiger partial charge >= 0.3 is 0 Å². The normalized spacial score (nSPS) is 17.4. The smallest absolute Gasteiger partial charge is 0.231 e. The highest BCUT2D eigenvalue weighted by Crippen LogP contribution is 2.28. The minimum atomic E-state index is -1.16. The van der Waals surface area contributed by atoms with Crippen molar-refractivity contribution in [3.05, 3.63) is 84.4 Å². The molecule has 11 nitrogen and oxygen atoms in total. The zero-order valence-corrected chi connectivity index (χ0v) is 22.5. The van der Waals surface area contributed by atoms with Crippen LogP contribution in [0, 0.1) is 0 Å². The Hall–Kier alpha value is -4.35.